The third-order valence-corrected chi connectivity index (χ3v) is 7.11. The number of hydrogen-bond acceptors (Lipinski definition) is 9. The van der Waals surface area contributed by atoms with Gasteiger partial charge in [0.1, 0.15) is 11.7 Å². The van der Waals surface area contributed by atoms with E-state index in [4.69, 9.17) is 0 Å². The molecule has 0 saturated carbocycles. The highest BCUT2D eigenvalue weighted by molar-refractivity contribution is 8.00. The maximum Gasteiger partial charge on any atom is 0.471 e. The minimum absolute atomic E-state index is 0.0829. The molecule has 1 aromatic heterocycles. The van der Waals surface area contributed by atoms with Gasteiger partial charge in [0.05, 0.1) is 5.75 Å². The van der Waals surface area contributed by atoms with Crippen molar-refractivity contribution in [2.24, 2.45) is 0 Å². The number of carboxylic acids is 1. The summed E-state index contributed by atoms with van der Waals surface area (Å²) in [6.45, 7) is 1.45. The van der Waals surface area contributed by atoms with Crippen LogP contribution in [0.1, 0.15) is 6.92 Å². The Kier molecular flexibility index (Phi) is 5.06. The lowest BCUT2D eigenvalue weighted by Gasteiger charge is -2.49. The van der Waals surface area contributed by atoms with Crippen molar-refractivity contribution in [2.45, 2.75) is 34.9 Å². The minimum atomic E-state index is -5.34. The van der Waals surface area contributed by atoms with Crippen molar-refractivity contribution in [3.8, 4) is 0 Å². The van der Waals surface area contributed by atoms with Gasteiger partial charge in [0, 0.05) is 5.25 Å². The van der Waals surface area contributed by atoms with Crippen molar-refractivity contribution < 1.29 is 41.1 Å². The predicted molar refractivity (Wildman–Crippen MR) is 86.6 cm³/mol. The van der Waals surface area contributed by atoms with Crippen LogP contribution in [0.25, 0.3) is 0 Å². The van der Waals surface area contributed by atoms with Crippen molar-refractivity contribution in [3.63, 3.8) is 0 Å². The Balaban J connectivity index is 1.96. The average molecular weight is 456 g/mol. The Morgan fingerprint density at radius 1 is 1.41 bits per heavy atom. The summed E-state index contributed by atoms with van der Waals surface area (Å²) in [6.07, 6.45) is -5.34. The van der Waals surface area contributed by atoms with Crippen LogP contribution < -0.4 is 5.32 Å². The van der Waals surface area contributed by atoms with Gasteiger partial charge < -0.3 is 10.4 Å². The molecular weight excluding hydrogens is 445 g/mol. The molecule has 0 bridgehead atoms. The number of carbonyl (C=O) groups excluding carboxylic acids is 2. The monoisotopic (exact) mass is 456 g/mol. The van der Waals surface area contributed by atoms with Crippen LogP contribution in [0.2, 0.25) is 0 Å². The number of aromatic amines is 1. The maximum absolute atomic E-state index is 12.6. The molecule has 3 atom stereocenters. The van der Waals surface area contributed by atoms with Gasteiger partial charge in [-0.15, -0.1) is 10.2 Å². The van der Waals surface area contributed by atoms with Gasteiger partial charge in [-0.1, -0.05) is 11.8 Å². The van der Waals surface area contributed by atoms with Gasteiger partial charge >= 0.3 is 18.1 Å². The Hall–Kier alpha value is -2.69. The molecule has 2 aliphatic heterocycles. The van der Waals surface area contributed by atoms with E-state index in [2.05, 4.69) is 20.6 Å². The number of nitrogens with one attached hydrogen (secondary N) is 2. The van der Waals surface area contributed by atoms with Crippen molar-refractivity contribution >= 4 is 39.4 Å². The smallest absolute Gasteiger partial charge is 0.471 e. The molecule has 0 radical (unpaired) electrons. The van der Waals surface area contributed by atoms with E-state index in [-0.39, 0.29) is 10.7 Å². The van der Waals surface area contributed by atoms with Crippen molar-refractivity contribution in [1.82, 2.24) is 30.8 Å². The minimum Gasteiger partial charge on any atom is -0.477 e. The van der Waals surface area contributed by atoms with E-state index in [9.17, 15) is 41.1 Å². The highest BCUT2D eigenvalue weighted by Crippen LogP contribution is 2.40. The number of amides is 2. The highest BCUT2D eigenvalue weighted by atomic mass is 32.2. The quantitative estimate of drug-likeness (QED) is 0.355. The Morgan fingerprint density at radius 3 is 2.59 bits per heavy atom. The molecule has 12 nitrogen and oxygen atoms in total. The first-order valence-corrected chi connectivity index (χ1v) is 10.2. The van der Waals surface area contributed by atoms with Gasteiger partial charge in [0.25, 0.3) is 5.91 Å². The number of tetrazole rings is 1. The van der Waals surface area contributed by atoms with E-state index in [1.807, 2.05) is 0 Å². The van der Waals surface area contributed by atoms with E-state index in [0.29, 0.717) is 4.90 Å². The number of rotatable bonds is 5. The number of H-pyrrole nitrogens is 1. The molecule has 2 aliphatic rings. The number of carboxylic acid groups (broad SMARTS) is 1. The number of carbonyl (C=O) groups is 3. The first-order chi connectivity index (χ1) is 13.3. The third-order valence-electron chi connectivity index (χ3n) is 4.16. The van der Waals surface area contributed by atoms with Crippen LogP contribution in [-0.4, -0.2) is 85.4 Å². The zero-order valence-corrected chi connectivity index (χ0v) is 15.8. The number of aromatic nitrogens is 4. The fourth-order valence-corrected chi connectivity index (χ4v) is 5.99. The number of β-lactam (4-membered cyclic amide) rings is 1. The first kappa shape index (κ1) is 21.0. The second-order valence-electron chi connectivity index (χ2n) is 5.99. The molecule has 0 aromatic carbocycles. The summed E-state index contributed by atoms with van der Waals surface area (Å²) in [4.78, 5) is 35.5. The lowest BCUT2D eigenvalue weighted by molar-refractivity contribution is -0.177. The van der Waals surface area contributed by atoms with E-state index in [0.717, 1.165) is 11.8 Å². The molecule has 3 unspecified atom stereocenters. The molecule has 1 aromatic rings. The molecule has 1 fully saturated rings. The van der Waals surface area contributed by atoms with E-state index in [1.165, 1.54) is 12.2 Å². The fraction of sp³-hybridized carbons (Fsp3) is 0.500. The summed E-state index contributed by atoms with van der Waals surface area (Å²) in [5.41, 5.74) is -0.840. The second kappa shape index (κ2) is 6.97. The Labute approximate surface area is 163 Å². The van der Waals surface area contributed by atoms with Crippen LogP contribution in [0.4, 0.5) is 13.2 Å². The number of halogens is 3. The number of nitrogens with zero attached hydrogens (tertiary/aromatic N) is 4. The summed E-state index contributed by atoms with van der Waals surface area (Å²) >= 11 is 0.864. The van der Waals surface area contributed by atoms with Gasteiger partial charge in [-0.2, -0.15) is 18.4 Å². The predicted octanol–water partition coefficient (Wildman–Crippen LogP) is -1.34. The number of hydrogen-bond donors (Lipinski definition) is 3. The van der Waals surface area contributed by atoms with Crippen LogP contribution in [0.3, 0.4) is 0 Å². The van der Waals surface area contributed by atoms with Gasteiger partial charge in [-0.25, -0.2) is 13.2 Å². The van der Waals surface area contributed by atoms with Crippen LogP contribution in [0.15, 0.2) is 16.4 Å². The normalized spacial score (nSPS) is 24.6. The largest absolute Gasteiger partial charge is 0.477 e. The summed E-state index contributed by atoms with van der Waals surface area (Å²) in [6, 6.07) is -2.04. The SMILES string of the molecule is CC(Sc1nn[nH]n1)C1=C(C(=O)O)N2C(=O)C(NC(=O)C(F)(F)F)C2S(=O)(=O)C1. The topological polar surface area (TPSA) is 175 Å². The van der Waals surface area contributed by atoms with Crippen LogP contribution >= 0.6 is 11.8 Å². The fourth-order valence-electron chi connectivity index (χ4n) is 2.93. The zero-order valence-electron chi connectivity index (χ0n) is 14.2. The molecule has 3 heterocycles. The lowest BCUT2D eigenvalue weighted by atomic mass is 10.0. The van der Waals surface area contributed by atoms with Crippen LogP contribution in [-0.2, 0) is 24.2 Å². The summed E-state index contributed by atoms with van der Waals surface area (Å²) < 4.78 is 62.6. The first-order valence-electron chi connectivity index (χ1n) is 7.63. The number of alkyl halides is 3. The number of fused-ring (bicyclic) bond motifs is 1. The molecule has 29 heavy (non-hydrogen) atoms. The highest BCUT2D eigenvalue weighted by Gasteiger charge is 2.62. The van der Waals surface area contributed by atoms with Crippen LogP contribution in [0, 0.1) is 0 Å². The van der Waals surface area contributed by atoms with Gasteiger partial charge in [-0.05, 0) is 17.7 Å². The molecule has 2 amide bonds. The molecular formula is C12H11F3N6O6S2. The Bertz CT molecular complexity index is 1010. The third kappa shape index (κ3) is 3.66. The summed E-state index contributed by atoms with van der Waals surface area (Å²) in [5.74, 6) is -6.26. The maximum atomic E-state index is 12.6. The summed E-state index contributed by atoms with van der Waals surface area (Å²) in [7, 11) is -4.31. The van der Waals surface area contributed by atoms with E-state index < -0.39 is 61.9 Å². The van der Waals surface area contributed by atoms with Gasteiger partial charge in [0.15, 0.2) is 15.2 Å². The lowest BCUT2D eigenvalue weighted by Crippen LogP contribution is -2.75. The summed E-state index contributed by atoms with van der Waals surface area (Å²) in [5, 5.41) is 20.9. The zero-order chi connectivity index (χ0) is 21.7. The molecule has 0 aliphatic carbocycles. The van der Waals surface area contributed by atoms with Crippen molar-refractivity contribution in [1.29, 1.82) is 0 Å². The van der Waals surface area contributed by atoms with Crippen LogP contribution in [0.5, 0.6) is 0 Å². The molecule has 3 N–H and O–H groups in total. The molecule has 17 heteroatoms. The molecule has 3 rings (SSSR count). The number of aliphatic carboxylic acids is 1. The standard InChI is InChI=1S/C12H11F3N6O6S2/c1-3(28-11-17-19-20-18-11)4-2-29(26,27)8-5(16-10(25)12(13,14)15)7(22)21(8)6(4)9(23)24/h3,5,8H,2H2,1H3,(H,16,25)(H,23,24)(H,17,18,19,20). The van der Waals surface area contributed by atoms with E-state index >= 15 is 0 Å². The van der Waals surface area contributed by atoms with Crippen molar-refractivity contribution in [2.75, 3.05) is 5.75 Å². The molecule has 158 valence electrons. The van der Waals surface area contributed by atoms with Gasteiger partial charge in [-0.3, -0.25) is 14.5 Å². The van der Waals surface area contributed by atoms with Gasteiger partial charge in [0.2, 0.25) is 5.16 Å². The second-order valence-corrected chi connectivity index (χ2v) is 9.39. The molecule has 0 spiro atoms. The van der Waals surface area contributed by atoms with Crippen molar-refractivity contribution in [3.05, 3.63) is 11.3 Å². The Morgan fingerprint density at radius 2 is 2.07 bits per heavy atom. The number of sulfone groups is 1. The average Bonchev–Trinajstić information content (AvgIpc) is 3.09. The number of thioether (sulfide) groups is 1. The molecule has 1 saturated heterocycles. The van der Waals surface area contributed by atoms with E-state index in [1.54, 1.807) is 0 Å².